The lowest BCUT2D eigenvalue weighted by molar-refractivity contribution is 0.629. The van der Waals surface area contributed by atoms with Crippen LogP contribution in [0.4, 0.5) is 4.39 Å². The molecule has 0 spiro atoms. The second-order valence-corrected chi connectivity index (χ2v) is 6.53. The van der Waals surface area contributed by atoms with Crippen molar-refractivity contribution < 1.29 is 4.39 Å². The molecular weight excluding hydrogens is 335 g/mol. The Morgan fingerprint density at radius 3 is 2.56 bits per heavy atom. The van der Waals surface area contributed by atoms with Gasteiger partial charge in [0.25, 0.3) is 0 Å². The van der Waals surface area contributed by atoms with Crippen molar-refractivity contribution in [2.45, 2.75) is 10.9 Å². The van der Waals surface area contributed by atoms with Gasteiger partial charge in [0, 0.05) is 5.75 Å². The van der Waals surface area contributed by atoms with E-state index in [1.54, 1.807) is 18.2 Å². The first kappa shape index (κ1) is 15.7. The Morgan fingerprint density at radius 2 is 1.68 bits per heavy atom. The van der Waals surface area contributed by atoms with Crippen molar-refractivity contribution in [2.75, 3.05) is 5.84 Å². The van der Waals surface area contributed by atoms with E-state index in [1.165, 1.54) is 38.8 Å². The Kier molecular flexibility index (Phi) is 4.11. The van der Waals surface area contributed by atoms with E-state index in [2.05, 4.69) is 34.5 Å². The maximum atomic E-state index is 13.9. The molecule has 0 aliphatic carbocycles. The third kappa shape index (κ3) is 2.96. The molecule has 0 amide bonds. The predicted octanol–water partition coefficient (Wildman–Crippen LogP) is 4.24. The van der Waals surface area contributed by atoms with Gasteiger partial charge in [-0.15, -0.1) is 10.2 Å². The van der Waals surface area contributed by atoms with Gasteiger partial charge in [0.15, 0.2) is 5.82 Å². The van der Waals surface area contributed by atoms with Crippen LogP contribution in [0.15, 0.2) is 71.9 Å². The van der Waals surface area contributed by atoms with Crippen molar-refractivity contribution in [3.05, 3.63) is 78.1 Å². The Morgan fingerprint density at radius 1 is 0.920 bits per heavy atom. The van der Waals surface area contributed by atoms with Crippen molar-refractivity contribution in [1.29, 1.82) is 0 Å². The molecule has 4 nitrogen and oxygen atoms in total. The summed E-state index contributed by atoms with van der Waals surface area (Å²) in [5.74, 6) is 6.74. The first-order valence-electron chi connectivity index (χ1n) is 7.79. The standard InChI is InChI=1S/C19H15FN4S/c20-17-11-4-3-10-16(17)18-22-23-19(24(18)21)25-12-14-8-5-7-13-6-1-2-9-15(13)14/h1-11H,12,21H2. The minimum absolute atomic E-state index is 0.318. The van der Waals surface area contributed by atoms with Gasteiger partial charge in [0.2, 0.25) is 5.16 Å². The minimum Gasteiger partial charge on any atom is -0.335 e. The third-order valence-corrected chi connectivity index (χ3v) is 5.01. The number of rotatable bonds is 4. The molecule has 0 atom stereocenters. The number of nitrogens with zero attached hydrogens (tertiary/aromatic N) is 3. The van der Waals surface area contributed by atoms with Gasteiger partial charge in [-0.2, -0.15) is 0 Å². The lowest BCUT2D eigenvalue weighted by Gasteiger charge is -2.07. The van der Waals surface area contributed by atoms with Crippen molar-refractivity contribution in [3.8, 4) is 11.4 Å². The highest BCUT2D eigenvalue weighted by Crippen LogP contribution is 2.28. The van der Waals surface area contributed by atoms with Crippen LogP contribution in [-0.4, -0.2) is 14.9 Å². The van der Waals surface area contributed by atoms with E-state index in [0.29, 0.717) is 22.3 Å². The number of aromatic nitrogens is 3. The summed E-state index contributed by atoms with van der Waals surface area (Å²) in [5, 5.41) is 11.1. The van der Waals surface area contributed by atoms with E-state index < -0.39 is 0 Å². The number of halogens is 1. The molecule has 0 bridgehead atoms. The summed E-state index contributed by atoms with van der Waals surface area (Å²) in [5.41, 5.74) is 1.54. The number of benzene rings is 3. The van der Waals surface area contributed by atoms with Crippen LogP contribution >= 0.6 is 11.8 Å². The zero-order valence-corrected chi connectivity index (χ0v) is 14.1. The van der Waals surface area contributed by atoms with Gasteiger partial charge in [0.1, 0.15) is 5.82 Å². The molecule has 4 aromatic rings. The number of hydrogen-bond donors (Lipinski definition) is 1. The van der Waals surface area contributed by atoms with Crippen LogP contribution in [0, 0.1) is 5.82 Å². The summed E-state index contributed by atoms with van der Waals surface area (Å²) < 4.78 is 15.3. The Bertz CT molecular complexity index is 1040. The maximum absolute atomic E-state index is 13.9. The average Bonchev–Trinajstić information content (AvgIpc) is 3.01. The number of nitrogens with two attached hydrogens (primary N) is 1. The van der Waals surface area contributed by atoms with Gasteiger partial charge in [-0.1, -0.05) is 66.4 Å². The summed E-state index contributed by atoms with van der Waals surface area (Å²) in [6.45, 7) is 0. The molecule has 124 valence electrons. The highest BCUT2D eigenvalue weighted by Gasteiger charge is 2.15. The molecule has 0 aliphatic heterocycles. The first-order chi connectivity index (χ1) is 12.2. The van der Waals surface area contributed by atoms with Gasteiger partial charge in [-0.25, -0.2) is 9.07 Å². The smallest absolute Gasteiger partial charge is 0.210 e. The number of nitrogen functional groups attached to an aromatic ring is 1. The topological polar surface area (TPSA) is 56.7 Å². The fourth-order valence-corrected chi connectivity index (χ4v) is 3.62. The normalized spacial score (nSPS) is 11.1. The average molecular weight is 350 g/mol. The van der Waals surface area contributed by atoms with Gasteiger partial charge in [0.05, 0.1) is 5.56 Å². The van der Waals surface area contributed by atoms with E-state index in [4.69, 9.17) is 5.84 Å². The first-order valence-corrected chi connectivity index (χ1v) is 8.77. The van der Waals surface area contributed by atoms with Crippen LogP contribution in [-0.2, 0) is 5.75 Å². The van der Waals surface area contributed by atoms with Gasteiger partial charge < -0.3 is 5.84 Å². The van der Waals surface area contributed by atoms with E-state index in [1.807, 2.05) is 18.2 Å². The molecule has 0 radical (unpaired) electrons. The largest absolute Gasteiger partial charge is 0.335 e. The third-order valence-electron chi connectivity index (χ3n) is 4.02. The van der Waals surface area contributed by atoms with Gasteiger partial charge in [-0.3, -0.25) is 0 Å². The minimum atomic E-state index is -0.368. The zero-order chi connectivity index (χ0) is 17.2. The molecule has 2 N–H and O–H groups in total. The lowest BCUT2D eigenvalue weighted by Crippen LogP contribution is -2.12. The molecule has 1 aromatic heterocycles. The molecule has 0 fully saturated rings. The van der Waals surface area contributed by atoms with Crippen LogP contribution in [0.3, 0.4) is 0 Å². The number of hydrogen-bond acceptors (Lipinski definition) is 4. The summed E-state index contributed by atoms with van der Waals surface area (Å²) in [6, 6.07) is 20.9. The lowest BCUT2D eigenvalue weighted by atomic mass is 10.1. The Hall–Kier alpha value is -2.86. The summed E-state index contributed by atoms with van der Waals surface area (Å²) in [4.78, 5) is 0. The molecule has 0 saturated heterocycles. The monoisotopic (exact) mass is 350 g/mol. The zero-order valence-electron chi connectivity index (χ0n) is 13.3. The molecule has 0 unspecified atom stereocenters. The molecule has 6 heteroatoms. The Balaban J connectivity index is 1.61. The molecule has 0 aliphatic rings. The number of thioether (sulfide) groups is 1. The maximum Gasteiger partial charge on any atom is 0.210 e. The second-order valence-electron chi connectivity index (χ2n) is 5.58. The van der Waals surface area contributed by atoms with Crippen LogP contribution in [0.5, 0.6) is 0 Å². The van der Waals surface area contributed by atoms with E-state index in [-0.39, 0.29) is 5.82 Å². The van der Waals surface area contributed by atoms with E-state index in [0.717, 1.165) is 0 Å². The van der Waals surface area contributed by atoms with Gasteiger partial charge >= 0.3 is 0 Å². The summed E-state index contributed by atoms with van der Waals surface area (Å²) in [6.07, 6.45) is 0. The number of fused-ring (bicyclic) bond motifs is 1. The summed E-state index contributed by atoms with van der Waals surface area (Å²) >= 11 is 1.48. The van der Waals surface area contributed by atoms with Crippen molar-refractivity contribution >= 4 is 22.5 Å². The predicted molar refractivity (Wildman–Crippen MR) is 99.1 cm³/mol. The molecule has 25 heavy (non-hydrogen) atoms. The van der Waals surface area contributed by atoms with Crippen molar-refractivity contribution in [3.63, 3.8) is 0 Å². The highest BCUT2D eigenvalue weighted by atomic mass is 32.2. The van der Waals surface area contributed by atoms with Crippen molar-refractivity contribution in [2.24, 2.45) is 0 Å². The summed E-state index contributed by atoms with van der Waals surface area (Å²) in [7, 11) is 0. The molecule has 3 aromatic carbocycles. The fourth-order valence-electron chi connectivity index (χ4n) is 2.76. The van der Waals surface area contributed by atoms with Crippen LogP contribution in [0.1, 0.15) is 5.56 Å². The highest BCUT2D eigenvalue weighted by molar-refractivity contribution is 7.98. The van der Waals surface area contributed by atoms with E-state index in [9.17, 15) is 4.39 Å². The second kappa shape index (κ2) is 6.57. The Labute approximate surface area is 148 Å². The van der Waals surface area contributed by atoms with Crippen LogP contribution in [0.25, 0.3) is 22.2 Å². The quantitative estimate of drug-likeness (QED) is 0.442. The van der Waals surface area contributed by atoms with Crippen LogP contribution < -0.4 is 5.84 Å². The molecule has 0 saturated carbocycles. The molecule has 1 heterocycles. The SMILES string of the molecule is Nn1c(SCc2cccc3ccccc23)nnc1-c1ccccc1F. The fraction of sp³-hybridized carbons (Fsp3) is 0.0526. The van der Waals surface area contributed by atoms with Crippen LogP contribution in [0.2, 0.25) is 0 Å². The van der Waals surface area contributed by atoms with Crippen molar-refractivity contribution in [1.82, 2.24) is 14.9 Å². The van der Waals surface area contributed by atoms with Gasteiger partial charge in [-0.05, 0) is 28.5 Å². The molecule has 4 rings (SSSR count). The van der Waals surface area contributed by atoms with E-state index >= 15 is 0 Å². The molecular formula is C19H15FN4S.